The van der Waals surface area contributed by atoms with E-state index < -0.39 is 0 Å². The molecule has 2 atom stereocenters. The molecule has 0 aliphatic carbocycles. The molecule has 4 heteroatoms. The zero-order valence-corrected chi connectivity index (χ0v) is 12.7. The fraction of sp³-hybridized carbons (Fsp3) is 1.00. The van der Waals surface area contributed by atoms with E-state index in [0.29, 0.717) is 18.6 Å². The molecule has 0 heterocycles. The number of aliphatic hydroxyl groups excluding tert-OH is 1. The van der Waals surface area contributed by atoms with E-state index in [2.05, 4.69) is 32.6 Å². The summed E-state index contributed by atoms with van der Waals surface area (Å²) in [5.74, 6) is 0.363. The van der Waals surface area contributed by atoms with Gasteiger partial charge in [0.2, 0.25) is 0 Å². The lowest BCUT2D eigenvalue weighted by Crippen LogP contribution is -2.56. The number of ether oxygens (including phenoxy) is 1. The lowest BCUT2D eigenvalue weighted by atomic mass is 9.94. The highest BCUT2D eigenvalue weighted by Gasteiger charge is 2.29. The molecule has 3 N–H and O–H groups in total. The topological polar surface area (TPSA) is 58.7 Å². The van der Waals surface area contributed by atoms with Crippen molar-refractivity contribution in [2.45, 2.75) is 58.7 Å². The second kappa shape index (κ2) is 9.73. The number of hydrogen-bond acceptors (Lipinski definition) is 4. The lowest BCUT2D eigenvalue weighted by Gasteiger charge is -2.40. The summed E-state index contributed by atoms with van der Waals surface area (Å²) in [4.78, 5) is 2.33. The molecule has 110 valence electrons. The average molecular weight is 260 g/mol. The van der Waals surface area contributed by atoms with Gasteiger partial charge in [-0.15, -0.1) is 0 Å². The van der Waals surface area contributed by atoms with Crippen LogP contribution >= 0.6 is 0 Å². The smallest absolute Gasteiger partial charge is 0.0602 e. The summed E-state index contributed by atoms with van der Waals surface area (Å²) in [6, 6.07) is 0.472. The number of nitrogens with two attached hydrogens (primary N) is 1. The maximum Gasteiger partial charge on any atom is 0.0602 e. The molecule has 2 unspecified atom stereocenters. The Bertz CT molecular complexity index is 196. The van der Waals surface area contributed by atoms with Crippen LogP contribution in [0.15, 0.2) is 0 Å². The third-order valence-electron chi connectivity index (χ3n) is 3.79. The van der Waals surface area contributed by atoms with E-state index in [1.165, 1.54) is 0 Å². The van der Waals surface area contributed by atoms with Crippen molar-refractivity contribution in [2.75, 3.05) is 26.9 Å². The second-order valence-electron chi connectivity index (χ2n) is 5.27. The second-order valence-corrected chi connectivity index (χ2v) is 5.27. The summed E-state index contributed by atoms with van der Waals surface area (Å²) in [6.07, 6.45) is 2.14. The molecule has 0 amide bonds. The third kappa shape index (κ3) is 5.22. The fourth-order valence-corrected chi connectivity index (χ4v) is 2.47. The first-order chi connectivity index (χ1) is 8.53. The summed E-state index contributed by atoms with van der Waals surface area (Å²) in [7, 11) is 1.71. The predicted octanol–water partition coefficient (Wildman–Crippen LogP) is 1.47. The molecule has 0 rings (SSSR count). The highest BCUT2D eigenvalue weighted by atomic mass is 16.5. The van der Waals surface area contributed by atoms with Crippen molar-refractivity contribution in [3.63, 3.8) is 0 Å². The minimum Gasteiger partial charge on any atom is -0.395 e. The molecular weight excluding hydrogens is 228 g/mol. The average Bonchev–Trinajstić information content (AvgIpc) is 2.36. The maximum absolute atomic E-state index is 9.69. The number of hydrogen-bond donors (Lipinski definition) is 2. The van der Waals surface area contributed by atoms with Gasteiger partial charge in [0.1, 0.15) is 0 Å². The van der Waals surface area contributed by atoms with Gasteiger partial charge in [0.05, 0.1) is 13.2 Å². The molecule has 18 heavy (non-hydrogen) atoms. The van der Waals surface area contributed by atoms with Crippen LogP contribution in [0.25, 0.3) is 0 Å². The molecule has 4 nitrogen and oxygen atoms in total. The van der Waals surface area contributed by atoms with Gasteiger partial charge in [0.25, 0.3) is 0 Å². The molecule has 0 radical (unpaired) electrons. The van der Waals surface area contributed by atoms with Crippen LogP contribution in [0.1, 0.15) is 40.5 Å². The summed E-state index contributed by atoms with van der Waals surface area (Å²) < 4.78 is 5.18. The number of nitrogens with zero attached hydrogens (tertiary/aromatic N) is 1. The molecule has 0 bridgehead atoms. The Morgan fingerprint density at radius 1 is 1.22 bits per heavy atom. The summed E-state index contributed by atoms with van der Waals surface area (Å²) in [5, 5.41) is 9.69. The number of methoxy groups -OCH3 is 1. The highest BCUT2D eigenvalue weighted by molar-refractivity contribution is 4.87. The van der Waals surface area contributed by atoms with Crippen LogP contribution in [0, 0.1) is 5.92 Å². The Morgan fingerprint density at radius 3 is 2.11 bits per heavy atom. The van der Waals surface area contributed by atoms with Crippen LogP contribution in [0.5, 0.6) is 0 Å². The van der Waals surface area contributed by atoms with Gasteiger partial charge >= 0.3 is 0 Å². The van der Waals surface area contributed by atoms with Crippen molar-refractivity contribution in [2.24, 2.45) is 11.7 Å². The molecule has 0 spiro atoms. The Morgan fingerprint density at radius 2 is 1.78 bits per heavy atom. The molecule has 0 aliphatic rings. The molecule has 0 fully saturated rings. The molecular formula is C14H32N2O2. The quantitative estimate of drug-likeness (QED) is 0.624. The minimum atomic E-state index is -0.00699. The molecule has 0 saturated heterocycles. The SMILES string of the molecule is CCC(CC)N(CCOC)C(CO)C(N)C(C)C. The lowest BCUT2D eigenvalue weighted by molar-refractivity contribution is 0.0318. The van der Waals surface area contributed by atoms with Crippen LogP contribution in [0.2, 0.25) is 0 Å². The summed E-state index contributed by atoms with van der Waals surface area (Å²) >= 11 is 0. The zero-order valence-electron chi connectivity index (χ0n) is 12.7. The van der Waals surface area contributed by atoms with E-state index in [1.807, 2.05) is 0 Å². The van der Waals surface area contributed by atoms with Gasteiger partial charge < -0.3 is 15.6 Å². The number of rotatable bonds is 10. The largest absolute Gasteiger partial charge is 0.395 e. The molecule has 0 aromatic carbocycles. The standard InChI is InChI=1S/C14H32N2O2/c1-6-12(7-2)16(8-9-18-5)13(10-17)14(15)11(3)4/h11-14,17H,6-10,15H2,1-5H3. The van der Waals surface area contributed by atoms with Crippen molar-refractivity contribution in [3.8, 4) is 0 Å². The van der Waals surface area contributed by atoms with E-state index >= 15 is 0 Å². The van der Waals surface area contributed by atoms with Crippen molar-refractivity contribution in [1.29, 1.82) is 0 Å². The Balaban J connectivity index is 4.86. The van der Waals surface area contributed by atoms with E-state index in [4.69, 9.17) is 10.5 Å². The first-order valence-electron chi connectivity index (χ1n) is 7.14. The van der Waals surface area contributed by atoms with Crippen molar-refractivity contribution < 1.29 is 9.84 Å². The first-order valence-corrected chi connectivity index (χ1v) is 7.14. The summed E-state index contributed by atoms with van der Waals surface area (Å²) in [5.41, 5.74) is 6.25. The Hall–Kier alpha value is -0.160. The van der Waals surface area contributed by atoms with Gasteiger partial charge in [0.15, 0.2) is 0 Å². The third-order valence-corrected chi connectivity index (χ3v) is 3.79. The van der Waals surface area contributed by atoms with Crippen LogP contribution < -0.4 is 5.73 Å². The van der Waals surface area contributed by atoms with Crippen LogP contribution in [0.3, 0.4) is 0 Å². The first kappa shape index (κ1) is 17.8. The Kier molecular flexibility index (Phi) is 9.64. The monoisotopic (exact) mass is 260 g/mol. The van der Waals surface area contributed by atoms with Crippen LogP contribution in [-0.2, 0) is 4.74 Å². The van der Waals surface area contributed by atoms with Gasteiger partial charge in [-0.3, -0.25) is 4.90 Å². The molecule has 0 saturated carbocycles. The molecule has 0 aromatic heterocycles. The zero-order chi connectivity index (χ0) is 14.1. The Labute approximate surface area is 112 Å². The van der Waals surface area contributed by atoms with Gasteiger partial charge in [0, 0.05) is 31.8 Å². The number of aliphatic hydroxyl groups is 1. The van der Waals surface area contributed by atoms with Crippen molar-refractivity contribution in [3.05, 3.63) is 0 Å². The van der Waals surface area contributed by atoms with Crippen LogP contribution in [-0.4, -0.2) is 55.0 Å². The van der Waals surface area contributed by atoms with Crippen molar-refractivity contribution in [1.82, 2.24) is 4.90 Å². The van der Waals surface area contributed by atoms with Crippen LogP contribution in [0.4, 0.5) is 0 Å². The van der Waals surface area contributed by atoms with Gasteiger partial charge in [-0.25, -0.2) is 0 Å². The predicted molar refractivity (Wildman–Crippen MR) is 76.6 cm³/mol. The fourth-order valence-electron chi connectivity index (χ4n) is 2.47. The maximum atomic E-state index is 9.69. The van der Waals surface area contributed by atoms with Gasteiger partial charge in [-0.2, -0.15) is 0 Å². The minimum absolute atomic E-state index is 0.00699. The van der Waals surface area contributed by atoms with E-state index in [-0.39, 0.29) is 18.7 Å². The van der Waals surface area contributed by atoms with Gasteiger partial charge in [-0.1, -0.05) is 27.7 Å². The summed E-state index contributed by atoms with van der Waals surface area (Å²) in [6.45, 7) is 10.2. The molecule has 0 aliphatic heterocycles. The van der Waals surface area contributed by atoms with Crippen molar-refractivity contribution >= 4 is 0 Å². The van der Waals surface area contributed by atoms with Gasteiger partial charge in [-0.05, 0) is 18.8 Å². The van der Waals surface area contributed by atoms with E-state index in [0.717, 1.165) is 19.4 Å². The normalized spacial score (nSPS) is 15.7. The highest BCUT2D eigenvalue weighted by Crippen LogP contribution is 2.17. The van der Waals surface area contributed by atoms with E-state index in [1.54, 1.807) is 7.11 Å². The molecule has 0 aromatic rings. The van der Waals surface area contributed by atoms with E-state index in [9.17, 15) is 5.11 Å².